The molecule has 0 amide bonds. The maximum Gasteiger partial charge on any atom is 0.0627 e. The van der Waals surface area contributed by atoms with Crippen LogP contribution in [0.5, 0.6) is 0 Å². The molecule has 0 atom stereocenters. The summed E-state index contributed by atoms with van der Waals surface area (Å²) in [6, 6.07) is 2.21. The van der Waals surface area contributed by atoms with Crippen LogP contribution in [0, 0.1) is 16.7 Å². The highest BCUT2D eigenvalue weighted by Crippen LogP contribution is 2.28. The zero-order chi connectivity index (χ0) is 7.33. The summed E-state index contributed by atoms with van der Waals surface area (Å²) in [6.45, 7) is 6.44. The first-order valence-corrected chi connectivity index (χ1v) is 3.55. The first kappa shape index (κ1) is 8.49. The van der Waals surface area contributed by atoms with Gasteiger partial charge in [-0.1, -0.05) is 20.8 Å². The maximum atomic E-state index is 8.41. The highest BCUT2D eigenvalue weighted by molar-refractivity contribution is 4.83. The molecule has 0 heterocycles. The molecule has 0 aliphatic carbocycles. The lowest BCUT2D eigenvalue weighted by atomic mass is 9.82. The van der Waals surface area contributed by atoms with Gasteiger partial charge >= 0.3 is 0 Å². The van der Waals surface area contributed by atoms with Crippen LogP contribution in [0.4, 0.5) is 0 Å². The third-order valence-electron chi connectivity index (χ3n) is 2.21. The monoisotopic (exact) mass is 125 g/mol. The van der Waals surface area contributed by atoms with E-state index in [2.05, 4.69) is 26.8 Å². The van der Waals surface area contributed by atoms with Gasteiger partial charge < -0.3 is 0 Å². The van der Waals surface area contributed by atoms with E-state index in [1.807, 2.05) is 0 Å². The molecule has 0 bridgehead atoms. The van der Waals surface area contributed by atoms with Crippen molar-refractivity contribution in [3.05, 3.63) is 0 Å². The Labute approximate surface area is 57.7 Å². The molecular formula is C8H15N. The smallest absolute Gasteiger partial charge is 0.0627 e. The normalized spacial score (nSPS) is 10.9. The highest BCUT2D eigenvalue weighted by Gasteiger charge is 2.18. The van der Waals surface area contributed by atoms with Crippen molar-refractivity contribution in [2.24, 2.45) is 5.41 Å². The Balaban J connectivity index is 3.80. The van der Waals surface area contributed by atoms with Crippen LogP contribution in [0.25, 0.3) is 0 Å². The minimum absolute atomic E-state index is 0.273. The molecule has 0 saturated carbocycles. The van der Waals surface area contributed by atoms with Crippen LogP contribution in [-0.2, 0) is 0 Å². The third kappa shape index (κ3) is 2.51. The largest absolute Gasteiger partial charge is 0.198 e. The Bertz CT molecular complexity index is 106. The number of hydrogen-bond donors (Lipinski definition) is 0. The summed E-state index contributed by atoms with van der Waals surface area (Å²) in [6.07, 6.45) is 2.91. The van der Waals surface area contributed by atoms with Gasteiger partial charge in [-0.05, 0) is 18.3 Å². The number of nitrogens with zero attached hydrogens (tertiary/aromatic N) is 1. The van der Waals surface area contributed by atoms with Crippen LogP contribution in [0.15, 0.2) is 0 Å². The van der Waals surface area contributed by atoms with Crippen LogP contribution < -0.4 is 0 Å². The van der Waals surface area contributed by atoms with Crippen molar-refractivity contribution in [3.8, 4) is 6.07 Å². The van der Waals surface area contributed by atoms with Gasteiger partial charge in [-0.25, -0.2) is 0 Å². The number of nitriles is 1. The molecule has 0 aliphatic rings. The van der Waals surface area contributed by atoms with Crippen molar-refractivity contribution in [1.82, 2.24) is 0 Å². The number of rotatable bonds is 3. The lowest BCUT2D eigenvalue weighted by Gasteiger charge is -2.22. The topological polar surface area (TPSA) is 23.8 Å². The molecule has 1 nitrogen and oxygen atoms in total. The molecule has 9 heavy (non-hydrogen) atoms. The SMILES string of the molecule is CCC(C)(CC)CC#N. The van der Waals surface area contributed by atoms with E-state index in [1.165, 1.54) is 0 Å². The molecule has 0 fully saturated rings. The van der Waals surface area contributed by atoms with Crippen LogP contribution in [0.1, 0.15) is 40.0 Å². The van der Waals surface area contributed by atoms with Crippen molar-refractivity contribution < 1.29 is 0 Å². The van der Waals surface area contributed by atoms with Crippen LogP contribution in [0.3, 0.4) is 0 Å². The van der Waals surface area contributed by atoms with E-state index >= 15 is 0 Å². The molecular weight excluding hydrogens is 110 g/mol. The summed E-state index contributed by atoms with van der Waals surface area (Å²) in [5.41, 5.74) is 0.273. The van der Waals surface area contributed by atoms with E-state index < -0.39 is 0 Å². The number of hydrogen-bond acceptors (Lipinski definition) is 1. The summed E-state index contributed by atoms with van der Waals surface area (Å²) >= 11 is 0. The van der Waals surface area contributed by atoms with Gasteiger partial charge in [0.2, 0.25) is 0 Å². The van der Waals surface area contributed by atoms with Crippen molar-refractivity contribution in [3.63, 3.8) is 0 Å². The van der Waals surface area contributed by atoms with E-state index in [1.54, 1.807) is 0 Å². The second kappa shape index (κ2) is 3.50. The van der Waals surface area contributed by atoms with Gasteiger partial charge in [-0.3, -0.25) is 0 Å². The zero-order valence-electron chi connectivity index (χ0n) is 6.57. The Kier molecular flexibility index (Phi) is 3.30. The Morgan fingerprint density at radius 2 is 1.78 bits per heavy atom. The molecule has 0 N–H and O–H groups in total. The van der Waals surface area contributed by atoms with Crippen molar-refractivity contribution >= 4 is 0 Å². The summed E-state index contributed by atoms with van der Waals surface area (Å²) in [5, 5.41) is 8.41. The fourth-order valence-electron chi connectivity index (χ4n) is 0.691. The molecule has 0 rings (SSSR count). The standard InChI is InChI=1S/C8H15N/c1-4-8(3,5-2)6-7-9/h4-6H2,1-3H3. The van der Waals surface area contributed by atoms with Gasteiger partial charge in [0.1, 0.15) is 0 Å². The van der Waals surface area contributed by atoms with Gasteiger partial charge in [-0.15, -0.1) is 0 Å². The summed E-state index contributed by atoms with van der Waals surface area (Å²) in [4.78, 5) is 0. The first-order valence-electron chi connectivity index (χ1n) is 3.55. The Morgan fingerprint density at radius 1 is 1.33 bits per heavy atom. The molecule has 0 aromatic rings. The molecule has 0 aliphatic heterocycles. The molecule has 0 aromatic carbocycles. The summed E-state index contributed by atoms with van der Waals surface area (Å²) in [7, 11) is 0. The average molecular weight is 125 g/mol. The van der Waals surface area contributed by atoms with E-state index in [4.69, 9.17) is 5.26 Å². The van der Waals surface area contributed by atoms with E-state index in [9.17, 15) is 0 Å². The minimum atomic E-state index is 0.273. The summed E-state index contributed by atoms with van der Waals surface area (Å²) in [5.74, 6) is 0. The van der Waals surface area contributed by atoms with E-state index in [0.717, 1.165) is 12.8 Å². The predicted octanol–water partition coefficient (Wildman–Crippen LogP) is 2.73. The lowest BCUT2D eigenvalue weighted by molar-refractivity contribution is 0.306. The minimum Gasteiger partial charge on any atom is -0.198 e. The molecule has 0 saturated heterocycles. The van der Waals surface area contributed by atoms with Crippen molar-refractivity contribution in [2.75, 3.05) is 0 Å². The third-order valence-corrected chi connectivity index (χ3v) is 2.21. The van der Waals surface area contributed by atoms with E-state index in [0.29, 0.717) is 6.42 Å². The second-order valence-corrected chi connectivity index (χ2v) is 2.85. The molecule has 0 aromatic heterocycles. The van der Waals surface area contributed by atoms with Gasteiger partial charge in [-0.2, -0.15) is 5.26 Å². The van der Waals surface area contributed by atoms with Gasteiger partial charge in [0.15, 0.2) is 0 Å². The van der Waals surface area contributed by atoms with Crippen molar-refractivity contribution in [2.45, 2.75) is 40.0 Å². The average Bonchev–Trinajstić information content (AvgIpc) is 1.89. The first-order chi connectivity index (χ1) is 4.18. The molecule has 0 radical (unpaired) electrons. The van der Waals surface area contributed by atoms with Gasteiger partial charge in [0.05, 0.1) is 6.07 Å². The predicted molar refractivity (Wildman–Crippen MR) is 38.9 cm³/mol. The molecule has 0 spiro atoms. The zero-order valence-corrected chi connectivity index (χ0v) is 6.57. The van der Waals surface area contributed by atoms with Crippen LogP contribution >= 0.6 is 0 Å². The fourth-order valence-corrected chi connectivity index (χ4v) is 0.691. The quantitative estimate of drug-likeness (QED) is 0.569. The maximum absolute atomic E-state index is 8.41. The Morgan fingerprint density at radius 3 is 1.89 bits per heavy atom. The fraction of sp³-hybridized carbons (Fsp3) is 0.875. The lowest BCUT2D eigenvalue weighted by Crippen LogP contribution is -2.11. The highest BCUT2D eigenvalue weighted by atomic mass is 14.3. The van der Waals surface area contributed by atoms with Crippen molar-refractivity contribution in [1.29, 1.82) is 5.26 Å². The van der Waals surface area contributed by atoms with Crippen LogP contribution in [0.2, 0.25) is 0 Å². The van der Waals surface area contributed by atoms with Gasteiger partial charge in [0.25, 0.3) is 0 Å². The molecule has 52 valence electrons. The van der Waals surface area contributed by atoms with E-state index in [-0.39, 0.29) is 5.41 Å². The Hall–Kier alpha value is -0.510. The molecule has 0 unspecified atom stereocenters. The summed E-state index contributed by atoms with van der Waals surface area (Å²) < 4.78 is 0. The molecule has 1 heteroatoms. The second-order valence-electron chi connectivity index (χ2n) is 2.85. The van der Waals surface area contributed by atoms with Crippen LogP contribution in [-0.4, -0.2) is 0 Å². The van der Waals surface area contributed by atoms with Gasteiger partial charge in [0, 0.05) is 6.42 Å².